The quantitative estimate of drug-likeness (QED) is 0.0200. The first-order valence-electron chi connectivity index (χ1n) is 24.6. The Labute approximate surface area is 380 Å². The van der Waals surface area contributed by atoms with Gasteiger partial charge in [-0.15, -0.1) is 0 Å². The molecule has 0 bridgehead atoms. The van der Waals surface area contributed by atoms with Crippen molar-refractivity contribution in [3.63, 3.8) is 0 Å². The Hall–Kier alpha value is -4.19. The van der Waals surface area contributed by atoms with E-state index in [1.165, 1.54) is 64.2 Å². The number of carbonyl (C=O) groups is 3. The molecule has 0 aliphatic rings. The third kappa shape index (κ3) is 46.9. The fraction of sp³-hybridized carbons (Fsp3) is 0.589. The zero-order valence-corrected chi connectivity index (χ0v) is 39.6. The lowest BCUT2D eigenvalue weighted by Crippen LogP contribution is -2.30. The van der Waals surface area contributed by atoms with Crippen LogP contribution < -0.4 is 0 Å². The van der Waals surface area contributed by atoms with Crippen molar-refractivity contribution >= 4 is 17.9 Å². The number of ether oxygens (including phenoxy) is 3. The molecule has 1 atom stereocenters. The molecule has 0 aromatic heterocycles. The van der Waals surface area contributed by atoms with Crippen molar-refractivity contribution in [2.24, 2.45) is 0 Å². The van der Waals surface area contributed by atoms with Crippen LogP contribution in [-0.2, 0) is 28.6 Å². The molecule has 6 nitrogen and oxygen atoms in total. The van der Waals surface area contributed by atoms with Gasteiger partial charge in [0.2, 0.25) is 0 Å². The Morgan fingerprint density at radius 3 is 1.29 bits per heavy atom. The van der Waals surface area contributed by atoms with Gasteiger partial charge in [-0.05, 0) is 96.3 Å². The van der Waals surface area contributed by atoms with Crippen molar-refractivity contribution in [3.8, 4) is 0 Å². The van der Waals surface area contributed by atoms with Crippen LogP contribution in [0.25, 0.3) is 0 Å². The largest absolute Gasteiger partial charge is 0.462 e. The molecular weight excluding hydrogens is 769 g/mol. The smallest absolute Gasteiger partial charge is 0.306 e. The highest BCUT2D eigenvalue weighted by Crippen LogP contribution is 2.13. The standard InChI is InChI=1S/C56H88O6/c1-4-7-10-13-16-19-22-25-27-29-31-34-37-40-43-46-49-55(58)61-52-53(51-60-54(57)48-45-42-39-36-33-30-24-21-18-15-12-9-6-3)62-56(59)50-47-44-41-38-35-32-28-26-23-20-17-14-11-8-5-2/h7,9-10,12,15-16,18-21,23-25,27,30-31,33-34,40,43,53H,4-6,8,11,13-14,17,22,26,28-29,32,35-39,41-42,44-52H2,1-3H3/b10-7+,12-9+,18-15+,19-16+,23-20+,24-21+,27-25+,33-30+,34-31+,43-40+. The van der Waals surface area contributed by atoms with E-state index >= 15 is 0 Å². The highest BCUT2D eigenvalue weighted by atomic mass is 16.6. The van der Waals surface area contributed by atoms with Gasteiger partial charge >= 0.3 is 17.9 Å². The van der Waals surface area contributed by atoms with Crippen molar-refractivity contribution in [2.75, 3.05) is 13.2 Å². The second kappa shape index (κ2) is 49.5. The highest BCUT2D eigenvalue weighted by Gasteiger charge is 2.19. The van der Waals surface area contributed by atoms with Crippen LogP contribution in [0.5, 0.6) is 0 Å². The van der Waals surface area contributed by atoms with Crippen LogP contribution in [0.4, 0.5) is 0 Å². The SMILES string of the molecule is CC/C=C/C=C/C=C/C=C/CCCCCC(=O)OCC(COC(=O)CC/C=C/C/C=C/C/C=C/C/C=C/C/C=C/CC)OC(=O)CCCCCCCCC/C=C/CCCCCC. The van der Waals surface area contributed by atoms with Gasteiger partial charge in [-0.2, -0.15) is 0 Å². The predicted molar refractivity (Wildman–Crippen MR) is 265 cm³/mol. The lowest BCUT2D eigenvalue weighted by atomic mass is 10.1. The summed E-state index contributed by atoms with van der Waals surface area (Å²) in [6, 6.07) is 0. The fourth-order valence-corrected chi connectivity index (χ4v) is 6.14. The molecule has 0 saturated carbocycles. The zero-order chi connectivity index (χ0) is 45.1. The van der Waals surface area contributed by atoms with Gasteiger partial charge in [0.25, 0.3) is 0 Å². The average Bonchev–Trinajstić information content (AvgIpc) is 3.27. The molecule has 0 N–H and O–H groups in total. The molecule has 348 valence electrons. The summed E-state index contributed by atoms with van der Waals surface area (Å²) in [4.78, 5) is 37.9. The summed E-state index contributed by atoms with van der Waals surface area (Å²) in [5.41, 5.74) is 0. The van der Waals surface area contributed by atoms with E-state index in [4.69, 9.17) is 14.2 Å². The summed E-state index contributed by atoms with van der Waals surface area (Å²) in [6.07, 6.45) is 67.6. The molecule has 62 heavy (non-hydrogen) atoms. The Morgan fingerprint density at radius 2 is 0.742 bits per heavy atom. The molecule has 0 saturated heterocycles. The summed E-state index contributed by atoms with van der Waals surface area (Å²) in [6.45, 7) is 6.24. The monoisotopic (exact) mass is 857 g/mol. The molecule has 0 aromatic rings. The van der Waals surface area contributed by atoms with Crippen molar-refractivity contribution in [1.82, 2.24) is 0 Å². The number of hydrogen-bond acceptors (Lipinski definition) is 6. The van der Waals surface area contributed by atoms with E-state index < -0.39 is 6.10 Å². The number of hydrogen-bond donors (Lipinski definition) is 0. The Balaban J connectivity index is 4.58. The van der Waals surface area contributed by atoms with Crippen LogP contribution in [-0.4, -0.2) is 37.2 Å². The second-order valence-electron chi connectivity index (χ2n) is 15.7. The van der Waals surface area contributed by atoms with E-state index in [-0.39, 0.29) is 37.5 Å². The van der Waals surface area contributed by atoms with Crippen LogP contribution in [0, 0.1) is 0 Å². The third-order valence-electron chi connectivity index (χ3n) is 9.79. The number of rotatable bonds is 42. The molecule has 0 fully saturated rings. The van der Waals surface area contributed by atoms with Crippen molar-refractivity contribution in [3.05, 3.63) is 122 Å². The molecule has 0 rings (SSSR count). The predicted octanol–water partition coefficient (Wildman–Crippen LogP) is 16.1. The summed E-state index contributed by atoms with van der Waals surface area (Å²) >= 11 is 0. The fourth-order valence-electron chi connectivity index (χ4n) is 6.14. The number of carbonyl (C=O) groups excluding carboxylic acids is 3. The lowest BCUT2D eigenvalue weighted by Gasteiger charge is -2.18. The van der Waals surface area contributed by atoms with Gasteiger partial charge in [0.05, 0.1) is 0 Å². The van der Waals surface area contributed by atoms with E-state index in [2.05, 4.69) is 93.7 Å². The molecule has 1 unspecified atom stereocenters. The number of unbranched alkanes of at least 4 members (excludes halogenated alkanes) is 14. The average molecular weight is 857 g/mol. The van der Waals surface area contributed by atoms with Crippen LogP contribution in [0.1, 0.15) is 194 Å². The van der Waals surface area contributed by atoms with E-state index in [0.29, 0.717) is 19.3 Å². The van der Waals surface area contributed by atoms with Crippen LogP contribution >= 0.6 is 0 Å². The lowest BCUT2D eigenvalue weighted by molar-refractivity contribution is -0.166. The van der Waals surface area contributed by atoms with Gasteiger partial charge in [0, 0.05) is 19.3 Å². The third-order valence-corrected chi connectivity index (χ3v) is 9.79. The van der Waals surface area contributed by atoms with Crippen LogP contribution in [0.3, 0.4) is 0 Å². The van der Waals surface area contributed by atoms with Crippen molar-refractivity contribution in [1.29, 1.82) is 0 Å². The maximum atomic E-state index is 12.8. The van der Waals surface area contributed by atoms with Crippen LogP contribution in [0.2, 0.25) is 0 Å². The van der Waals surface area contributed by atoms with E-state index in [1.54, 1.807) is 0 Å². The maximum absolute atomic E-state index is 12.8. The molecule has 0 aliphatic carbocycles. The summed E-state index contributed by atoms with van der Waals surface area (Å²) in [7, 11) is 0. The topological polar surface area (TPSA) is 78.9 Å². The Morgan fingerprint density at radius 1 is 0.355 bits per heavy atom. The summed E-state index contributed by atoms with van der Waals surface area (Å²) < 4.78 is 16.7. The van der Waals surface area contributed by atoms with E-state index in [1.807, 2.05) is 48.6 Å². The number of esters is 3. The van der Waals surface area contributed by atoms with Gasteiger partial charge in [-0.1, -0.05) is 200 Å². The van der Waals surface area contributed by atoms with Gasteiger partial charge < -0.3 is 14.2 Å². The molecule has 0 heterocycles. The second-order valence-corrected chi connectivity index (χ2v) is 15.7. The van der Waals surface area contributed by atoms with Crippen molar-refractivity contribution in [2.45, 2.75) is 200 Å². The molecule has 0 aromatic carbocycles. The summed E-state index contributed by atoms with van der Waals surface area (Å²) in [5, 5.41) is 0. The molecule has 0 radical (unpaired) electrons. The minimum atomic E-state index is -0.829. The highest BCUT2D eigenvalue weighted by molar-refractivity contribution is 5.71. The molecule has 0 amide bonds. The van der Waals surface area contributed by atoms with E-state index in [0.717, 1.165) is 83.5 Å². The molecular formula is C56H88O6. The summed E-state index contributed by atoms with van der Waals surface area (Å²) in [5.74, 6) is -1.06. The molecule has 6 heteroatoms. The van der Waals surface area contributed by atoms with Gasteiger partial charge in [0.15, 0.2) is 6.10 Å². The molecule has 0 aliphatic heterocycles. The Kier molecular flexibility index (Phi) is 46.1. The maximum Gasteiger partial charge on any atom is 0.306 e. The first-order valence-corrected chi connectivity index (χ1v) is 24.6. The normalized spacial score (nSPS) is 13.1. The van der Waals surface area contributed by atoms with Gasteiger partial charge in [0.1, 0.15) is 13.2 Å². The van der Waals surface area contributed by atoms with Gasteiger partial charge in [-0.25, -0.2) is 0 Å². The number of allylic oxidation sites excluding steroid dienone is 20. The van der Waals surface area contributed by atoms with Crippen molar-refractivity contribution < 1.29 is 28.6 Å². The minimum absolute atomic E-state index is 0.127. The minimum Gasteiger partial charge on any atom is -0.462 e. The Bertz CT molecular complexity index is 1350. The zero-order valence-electron chi connectivity index (χ0n) is 39.6. The molecule has 0 spiro atoms. The first kappa shape index (κ1) is 57.8. The van der Waals surface area contributed by atoms with E-state index in [9.17, 15) is 14.4 Å². The first-order chi connectivity index (χ1) is 30.5. The van der Waals surface area contributed by atoms with Gasteiger partial charge in [-0.3, -0.25) is 14.4 Å². The van der Waals surface area contributed by atoms with Crippen LogP contribution in [0.15, 0.2) is 122 Å².